The van der Waals surface area contributed by atoms with E-state index in [1.165, 1.54) is 109 Å². The first-order valence-electron chi connectivity index (χ1n) is 11.4. The summed E-state index contributed by atoms with van der Waals surface area (Å²) < 4.78 is 0. The number of unbranched alkanes of at least 4 members (excludes halogenated alkanes) is 2. The van der Waals surface area contributed by atoms with Crippen LogP contribution in [-0.2, 0) is 0 Å². The first-order chi connectivity index (χ1) is 11.9. The predicted octanol–water partition coefficient (Wildman–Crippen LogP) is 7.97. The van der Waals surface area contributed by atoms with Gasteiger partial charge < -0.3 is 0 Å². The molecule has 0 nitrogen and oxygen atoms in total. The third-order valence-electron chi connectivity index (χ3n) is 6.50. The summed E-state index contributed by atoms with van der Waals surface area (Å²) in [5.41, 5.74) is 0. The number of allylic oxidation sites excluding steroid dienone is 2. The highest BCUT2D eigenvalue weighted by Crippen LogP contribution is 2.37. The Morgan fingerprint density at radius 2 is 1.50 bits per heavy atom. The summed E-state index contributed by atoms with van der Waals surface area (Å²) in [5, 5.41) is 0. The van der Waals surface area contributed by atoms with Crippen LogP contribution in [0.5, 0.6) is 0 Å². The van der Waals surface area contributed by atoms with E-state index < -0.39 is 0 Å². The summed E-state index contributed by atoms with van der Waals surface area (Å²) in [5.74, 6) is 2.82. The SMILES string of the molecule is CCCCC=CC1CCC[B]C(C2CCCCCCCC2)CCC1. The van der Waals surface area contributed by atoms with Gasteiger partial charge in [0.25, 0.3) is 0 Å². The Balaban J connectivity index is 1.78. The summed E-state index contributed by atoms with van der Waals surface area (Å²) in [4.78, 5) is 0. The highest BCUT2D eigenvalue weighted by molar-refractivity contribution is 6.37. The van der Waals surface area contributed by atoms with Crippen molar-refractivity contribution in [2.45, 2.75) is 122 Å². The molecule has 0 aromatic heterocycles. The fourth-order valence-corrected chi connectivity index (χ4v) is 4.91. The van der Waals surface area contributed by atoms with Crippen LogP contribution in [0.1, 0.15) is 110 Å². The van der Waals surface area contributed by atoms with E-state index in [0.29, 0.717) is 0 Å². The fourth-order valence-electron chi connectivity index (χ4n) is 4.91. The molecule has 1 heterocycles. The molecule has 1 saturated heterocycles. The van der Waals surface area contributed by atoms with E-state index in [0.717, 1.165) is 17.7 Å². The molecule has 0 N–H and O–H groups in total. The van der Waals surface area contributed by atoms with Crippen molar-refractivity contribution in [2.24, 2.45) is 11.8 Å². The van der Waals surface area contributed by atoms with Gasteiger partial charge in [0.2, 0.25) is 0 Å². The molecule has 2 unspecified atom stereocenters. The summed E-state index contributed by atoms with van der Waals surface area (Å²) in [7, 11) is 2.76. The number of hydrogen-bond donors (Lipinski definition) is 0. The van der Waals surface area contributed by atoms with Crippen LogP contribution in [0.3, 0.4) is 0 Å². The van der Waals surface area contributed by atoms with Crippen LogP contribution in [0.2, 0.25) is 12.1 Å². The van der Waals surface area contributed by atoms with Crippen LogP contribution in [0.15, 0.2) is 12.2 Å². The molecule has 1 radical (unpaired) electrons. The van der Waals surface area contributed by atoms with Crippen LogP contribution in [0, 0.1) is 11.8 Å². The molecule has 0 bridgehead atoms. The molecular weight excluding hydrogens is 287 g/mol. The van der Waals surface area contributed by atoms with Crippen molar-refractivity contribution >= 4 is 7.28 Å². The molecule has 0 amide bonds. The maximum atomic E-state index is 2.76. The van der Waals surface area contributed by atoms with Gasteiger partial charge in [0.15, 0.2) is 0 Å². The molecule has 2 fully saturated rings. The third-order valence-corrected chi connectivity index (χ3v) is 6.50. The van der Waals surface area contributed by atoms with Crippen molar-refractivity contribution < 1.29 is 0 Å². The highest BCUT2D eigenvalue weighted by atomic mass is 14.2. The van der Waals surface area contributed by atoms with Crippen molar-refractivity contribution in [2.75, 3.05) is 0 Å². The van der Waals surface area contributed by atoms with Crippen LogP contribution < -0.4 is 0 Å². The molecule has 24 heavy (non-hydrogen) atoms. The standard InChI is InChI=1S/C23H42B/c1-2-3-4-9-14-21-15-12-19-23(24-20-13-16-21)22-17-10-7-5-6-8-11-18-22/h9,14,21-23H,2-8,10-13,15-20H2,1H3. The second kappa shape index (κ2) is 13.1. The Kier molecular flexibility index (Phi) is 11.0. The largest absolute Gasteiger partial charge is 0.113 e. The Bertz CT molecular complexity index is 312. The van der Waals surface area contributed by atoms with E-state index in [9.17, 15) is 0 Å². The number of hydrogen-bond acceptors (Lipinski definition) is 0. The van der Waals surface area contributed by atoms with Crippen molar-refractivity contribution in [3.8, 4) is 0 Å². The molecule has 1 aliphatic carbocycles. The van der Waals surface area contributed by atoms with Gasteiger partial charge in [-0.3, -0.25) is 0 Å². The molecule has 137 valence electrons. The number of rotatable bonds is 5. The molecule has 2 aliphatic rings. The molecular formula is C23H42B. The molecule has 0 aromatic carbocycles. The lowest BCUT2D eigenvalue weighted by molar-refractivity contribution is 0.377. The van der Waals surface area contributed by atoms with Gasteiger partial charge in [-0.2, -0.15) is 0 Å². The van der Waals surface area contributed by atoms with Crippen LogP contribution in [0.4, 0.5) is 0 Å². The fraction of sp³-hybridized carbons (Fsp3) is 0.913. The average Bonchev–Trinajstić information content (AvgIpc) is 2.80. The Morgan fingerprint density at radius 1 is 0.792 bits per heavy atom. The van der Waals surface area contributed by atoms with Crippen molar-refractivity contribution in [3.63, 3.8) is 0 Å². The van der Waals surface area contributed by atoms with Gasteiger partial charge in [-0.25, -0.2) is 0 Å². The zero-order valence-electron chi connectivity index (χ0n) is 16.5. The Hall–Kier alpha value is -0.195. The zero-order valence-corrected chi connectivity index (χ0v) is 16.5. The Morgan fingerprint density at radius 3 is 2.25 bits per heavy atom. The second-order valence-electron chi connectivity index (χ2n) is 8.55. The van der Waals surface area contributed by atoms with Crippen LogP contribution in [0.25, 0.3) is 0 Å². The molecule has 2 atom stereocenters. The minimum absolute atomic E-state index is 0.870. The monoisotopic (exact) mass is 329 g/mol. The van der Waals surface area contributed by atoms with E-state index in [1.54, 1.807) is 0 Å². The van der Waals surface area contributed by atoms with Gasteiger partial charge >= 0.3 is 0 Å². The van der Waals surface area contributed by atoms with Crippen LogP contribution >= 0.6 is 0 Å². The van der Waals surface area contributed by atoms with E-state index in [1.807, 2.05) is 0 Å². The first-order valence-corrected chi connectivity index (χ1v) is 11.4. The third kappa shape index (κ3) is 8.26. The lowest BCUT2D eigenvalue weighted by Crippen LogP contribution is -2.16. The lowest BCUT2D eigenvalue weighted by Gasteiger charge is -2.26. The molecule has 2 rings (SSSR count). The molecule has 0 spiro atoms. The molecule has 1 saturated carbocycles. The smallest absolute Gasteiger partial charge is 0.0883 e. The lowest BCUT2D eigenvalue weighted by atomic mass is 9.54. The Labute approximate surface area is 153 Å². The van der Waals surface area contributed by atoms with Crippen molar-refractivity contribution in [1.29, 1.82) is 0 Å². The summed E-state index contributed by atoms with van der Waals surface area (Å²) in [6, 6.07) is 0. The van der Waals surface area contributed by atoms with E-state index in [4.69, 9.17) is 0 Å². The topological polar surface area (TPSA) is 0 Å². The van der Waals surface area contributed by atoms with E-state index in [-0.39, 0.29) is 0 Å². The van der Waals surface area contributed by atoms with Gasteiger partial charge in [0, 0.05) is 0 Å². The van der Waals surface area contributed by atoms with E-state index in [2.05, 4.69) is 26.4 Å². The minimum atomic E-state index is 0.870. The highest BCUT2D eigenvalue weighted by Gasteiger charge is 2.23. The molecule has 1 aliphatic heterocycles. The van der Waals surface area contributed by atoms with Gasteiger partial charge in [-0.05, 0) is 31.1 Å². The first kappa shape index (κ1) is 20.1. The van der Waals surface area contributed by atoms with Crippen molar-refractivity contribution in [3.05, 3.63) is 12.2 Å². The average molecular weight is 329 g/mol. The predicted molar refractivity (Wildman–Crippen MR) is 110 cm³/mol. The van der Waals surface area contributed by atoms with Crippen molar-refractivity contribution in [1.82, 2.24) is 0 Å². The van der Waals surface area contributed by atoms with Gasteiger partial charge in [0.1, 0.15) is 7.28 Å². The summed E-state index contributed by atoms with van der Waals surface area (Å²) in [6.07, 6.45) is 29.6. The molecule has 1 heteroatoms. The van der Waals surface area contributed by atoms with Gasteiger partial charge in [-0.1, -0.05) is 115 Å². The summed E-state index contributed by atoms with van der Waals surface area (Å²) in [6.45, 7) is 2.29. The minimum Gasteiger partial charge on any atom is -0.0883 e. The van der Waals surface area contributed by atoms with Gasteiger partial charge in [0.05, 0.1) is 0 Å². The molecule has 0 aromatic rings. The normalized spacial score (nSPS) is 28.9. The second-order valence-corrected chi connectivity index (χ2v) is 8.55. The van der Waals surface area contributed by atoms with E-state index >= 15 is 0 Å². The maximum Gasteiger partial charge on any atom is 0.113 e. The quantitative estimate of drug-likeness (QED) is 0.272. The van der Waals surface area contributed by atoms with Gasteiger partial charge in [-0.15, -0.1) is 0 Å². The summed E-state index contributed by atoms with van der Waals surface area (Å²) >= 11 is 0. The maximum absolute atomic E-state index is 2.76. The zero-order chi connectivity index (χ0) is 16.9. The van der Waals surface area contributed by atoms with Crippen LogP contribution in [-0.4, -0.2) is 7.28 Å².